The van der Waals surface area contributed by atoms with Crippen LogP contribution in [-0.2, 0) is 4.79 Å². The average Bonchev–Trinajstić information content (AvgIpc) is 2.70. The number of aliphatic hydroxyl groups excluding tert-OH is 3. The maximum Gasteiger partial charge on any atom is 0.220 e. The minimum absolute atomic E-state index is 0.153. The van der Waals surface area contributed by atoms with Crippen molar-refractivity contribution in [2.24, 2.45) is 11.3 Å². The van der Waals surface area contributed by atoms with Crippen molar-refractivity contribution in [3.8, 4) is 0 Å². The van der Waals surface area contributed by atoms with Crippen LogP contribution in [0.25, 0.3) is 0 Å². The molecule has 0 saturated carbocycles. The first-order valence-electron chi connectivity index (χ1n) is 13.4. The summed E-state index contributed by atoms with van der Waals surface area (Å²) in [6.45, 7) is 10.3. The largest absolute Gasteiger partial charge is 0.394 e. The third-order valence-corrected chi connectivity index (χ3v) is 6.20. The lowest BCUT2D eigenvalue weighted by molar-refractivity contribution is -0.125. The first-order valence-corrected chi connectivity index (χ1v) is 13.4. The van der Waals surface area contributed by atoms with Gasteiger partial charge in [-0.15, -0.1) is 0 Å². The van der Waals surface area contributed by atoms with Gasteiger partial charge in [0.05, 0.1) is 18.8 Å². The molecule has 0 rings (SSSR count). The van der Waals surface area contributed by atoms with E-state index in [0.717, 1.165) is 25.7 Å². The molecule has 0 aromatic rings. The minimum Gasteiger partial charge on any atom is -0.394 e. The molecule has 4 N–H and O–H groups in total. The summed E-state index contributed by atoms with van der Waals surface area (Å²) in [6, 6.07) is -0.823. The molecule has 1 unspecified atom stereocenters. The fourth-order valence-corrected chi connectivity index (χ4v) is 4.57. The van der Waals surface area contributed by atoms with Crippen LogP contribution in [0.3, 0.4) is 0 Å². The Labute approximate surface area is 198 Å². The van der Waals surface area contributed by atoms with Crippen LogP contribution in [0.5, 0.6) is 0 Å². The number of nitrogens with one attached hydrogen (secondary N) is 1. The third-order valence-electron chi connectivity index (χ3n) is 6.20. The molecule has 0 aromatic heterocycles. The summed E-state index contributed by atoms with van der Waals surface area (Å²) >= 11 is 0. The van der Waals surface area contributed by atoms with Gasteiger partial charge in [0, 0.05) is 6.42 Å². The van der Waals surface area contributed by atoms with Crippen LogP contribution >= 0.6 is 0 Å². The molecule has 0 fully saturated rings. The Kier molecular flexibility index (Phi) is 18.4. The van der Waals surface area contributed by atoms with Gasteiger partial charge in [-0.05, 0) is 24.2 Å². The van der Waals surface area contributed by atoms with Crippen LogP contribution in [0.2, 0.25) is 0 Å². The predicted molar refractivity (Wildman–Crippen MR) is 135 cm³/mol. The van der Waals surface area contributed by atoms with E-state index < -0.39 is 18.2 Å². The smallest absolute Gasteiger partial charge is 0.220 e. The van der Waals surface area contributed by atoms with E-state index in [1.54, 1.807) is 0 Å². The number of amides is 1. The van der Waals surface area contributed by atoms with Crippen LogP contribution in [0.4, 0.5) is 0 Å². The maximum absolute atomic E-state index is 12.3. The highest BCUT2D eigenvalue weighted by atomic mass is 16.3. The molecule has 5 heteroatoms. The second-order valence-electron chi connectivity index (χ2n) is 11.2. The molecule has 0 aromatic carbocycles. The number of carbonyl (C=O) groups excluding carboxylic acids is 1. The van der Waals surface area contributed by atoms with E-state index in [1.165, 1.54) is 57.8 Å². The summed E-state index contributed by atoms with van der Waals surface area (Å²) in [7, 11) is 0. The molecule has 192 valence electrons. The number of rotatable bonds is 20. The molecule has 0 saturated heterocycles. The van der Waals surface area contributed by atoms with Crippen LogP contribution in [0, 0.1) is 11.3 Å². The van der Waals surface area contributed by atoms with Crippen molar-refractivity contribution in [1.82, 2.24) is 5.32 Å². The second kappa shape index (κ2) is 18.7. The molecule has 32 heavy (non-hydrogen) atoms. The third kappa shape index (κ3) is 17.9. The Morgan fingerprint density at radius 3 is 1.75 bits per heavy atom. The highest BCUT2D eigenvalue weighted by Crippen LogP contribution is 2.26. The van der Waals surface area contributed by atoms with Crippen LogP contribution in [-0.4, -0.2) is 46.1 Å². The van der Waals surface area contributed by atoms with E-state index in [1.807, 2.05) is 6.92 Å². The molecule has 0 aliphatic carbocycles. The van der Waals surface area contributed by atoms with E-state index in [0.29, 0.717) is 12.8 Å². The summed E-state index contributed by atoms with van der Waals surface area (Å²) in [6.07, 6.45) is 14.7. The van der Waals surface area contributed by atoms with E-state index in [-0.39, 0.29) is 23.8 Å². The van der Waals surface area contributed by atoms with Crippen LogP contribution in [0.1, 0.15) is 131 Å². The van der Waals surface area contributed by atoms with Crippen molar-refractivity contribution < 1.29 is 20.1 Å². The van der Waals surface area contributed by atoms with Crippen molar-refractivity contribution in [2.75, 3.05) is 6.61 Å². The number of hydrogen-bond donors (Lipinski definition) is 4. The van der Waals surface area contributed by atoms with Crippen molar-refractivity contribution in [1.29, 1.82) is 0 Å². The second-order valence-corrected chi connectivity index (χ2v) is 11.2. The van der Waals surface area contributed by atoms with Gasteiger partial charge >= 0.3 is 0 Å². The number of carbonyl (C=O) groups is 1. The Hall–Kier alpha value is -0.650. The lowest BCUT2D eigenvalue weighted by Crippen LogP contribution is -2.50. The van der Waals surface area contributed by atoms with Gasteiger partial charge < -0.3 is 20.6 Å². The molecule has 1 amide bonds. The molecule has 0 heterocycles. The molecule has 0 radical (unpaired) electrons. The standard InChI is InChI=1S/C27H55NO4/c1-6-7-8-9-10-11-12-13-14-15-16-17-18-24(30)26(32)23(21-29)28-25(31)19-22(2)20-27(3,4)5/h22-24,26,29-30,32H,6-21H2,1-5H3,(H,28,31)/t22?,23-,24+,26-/m0/s1. The van der Waals surface area contributed by atoms with E-state index in [4.69, 9.17) is 0 Å². The molecule has 0 aliphatic heterocycles. The topological polar surface area (TPSA) is 89.8 Å². The zero-order valence-electron chi connectivity index (χ0n) is 21.9. The fourth-order valence-electron chi connectivity index (χ4n) is 4.57. The fraction of sp³-hybridized carbons (Fsp3) is 0.963. The molecule has 0 bridgehead atoms. The highest BCUT2D eigenvalue weighted by Gasteiger charge is 2.27. The predicted octanol–water partition coefficient (Wildman–Crippen LogP) is 5.74. The maximum atomic E-state index is 12.3. The Morgan fingerprint density at radius 2 is 1.31 bits per heavy atom. The monoisotopic (exact) mass is 457 g/mol. The summed E-state index contributed by atoms with van der Waals surface area (Å²) < 4.78 is 0. The van der Waals surface area contributed by atoms with Crippen molar-refractivity contribution in [3.63, 3.8) is 0 Å². The van der Waals surface area contributed by atoms with Crippen molar-refractivity contribution in [3.05, 3.63) is 0 Å². The highest BCUT2D eigenvalue weighted by molar-refractivity contribution is 5.76. The van der Waals surface area contributed by atoms with Gasteiger partial charge in [-0.1, -0.05) is 112 Å². The lowest BCUT2D eigenvalue weighted by atomic mass is 9.84. The normalized spacial score (nSPS) is 15.9. The van der Waals surface area contributed by atoms with Gasteiger partial charge in [-0.25, -0.2) is 0 Å². The average molecular weight is 458 g/mol. The molecule has 0 spiro atoms. The Balaban J connectivity index is 3.94. The van der Waals surface area contributed by atoms with Gasteiger partial charge in [0.15, 0.2) is 0 Å². The summed E-state index contributed by atoms with van der Waals surface area (Å²) in [4.78, 5) is 12.3. The quantitative estimate of drug-likeness (QED) is 0.176. The van der Waals surface area contributed by atoms with Crippen LogP contribution < -0.4 is 5.32 Å². The van der Waals surface area contributed by atoms with Gasteiger partial charge in [0.25, 0.3) is 0 Å². The lowest BCUT2D eigenvalue weighted by Gasteiger charge is -2.27. The zero-order chi connectivity index (χ0) is 24.4. The zero-order valence-corrected chi connectivity index (χ0v) is 21.9. The number of aliphatic hydroxyl groups is 3. The summed E-state index contributed by atoms with van der Waals surface area (Å²) in [5.74, 6) is 0.0369. The van der Waals surface area contributed by atoms with Gasteiger partial charge in [0.2, 0.25) is 5.91 Å². The molecule has 0 aliphatic rings. The molecular formula is C27H55NO4. The number of unbranched alkanes of at least 4 members (excludes halogenated alkanes) is 11. The van der Waals surface area contributed by atoms with Crippen molar-refractivity contribution in [2.45, 2.75) is 149 Å². The summed E-state index contributed by atoms with van der Waals surface area (Å²) in [5, 5.41) is 33.0. The van der Waals surface area contributed by atoms with E-state index in [9.17, 15) is 20.1 Å². The van der Waals surface area contributed by atoms with Crippen molar-refractivity contribution >= 4 is 5.91 Å². The van der Waals surface area contributed by atoms with Gasteiger partial charge in [0.1, 0.15) is 6.10 Å². The van der Waals surface area contributed by atoms with Gasteiger partial charge in [-0.3, -0.25) is 4.79 Å². The van der Waals surface area contributed by atoms with Crippen LogP contribution in [0.15, 0.2) is 0 Å². The van der Waals surface area contributed by atoms with E-state index in [2.05, 4.69) is 33.0 Å². The SMILES string of the molecule is CCCCCCCCCCCCCC[C@@H](O)[C@@H](O)[C@H](CO)NC(=O)CC(C)CC(C)(C)C. The van der Waals surface area contributed by atoms with E-state index >= 15 is 0 Å². The molecule has 4 atom stereocenters. The first-order chi connectivity index (χ1) is 15.1. The first kappa shape index (κ1) is 31.4. The Bertz CT molecular complexity index is 449. The minimum atomic E-state index is -1.14. The number of hydrogen-bond acceptors (Lipinski definition) is 4. The molecule has 5 nitrogen and oxygen atoms in total. The van der Waals surface area contributed by atoms with Gasteiger partial charge in [-0.2, -0.15) is 0 Å². The molecular weight excluding hydrogens is 402 g/mol. The summed E-state index contributed by atoms with van der Waals surface area (Å²) in [5.41, 5.74) is 0.153. The Morgan fingerprint density at radius 1 is 0.844 bits per heavy atom.